The van der Waals surface area contributed by atoms with Crippen molar-refractivity contribution >= 4 is 0 Å². The first kappa shape index (κ1) is 7.06. The fourth-order valence-electron chi connectivity index (χ4n) is 0.417. The van der Waals surface area contributed by atoms with Gasteiger partial charge >= 0.3 is 0 Å². The third-order valence-electron chi connectivity index (χ3n) is 0.702. The van der Waals surface area contributed by atoms with Crippen LogP contribution in [0.15, 0.2) is 0 Å². The number of hydrogen-bond donors (Lipinski definition) is 0. The topological polar surface area (TPSA) is 9.23 Å². The van der Waals surface area contributed by atoms with E-state index in [4.69, 9.17) is 4.74 Å². The Labute approximate surface area is 63.3 Å². The van der Waals surface area contributed by atoms with Crippen LogP contribution in [-0.2, 0) is 37.4 Å². The van der Waals surface area contributed by atoms with Gasteiger partial charge in [-0.15, -0.1) is 0 Å². The first-order valence-corrected chi connectivity index (χ1v) is 1.93. The van der Waals surface area contributed by atoms with Gasteiger partial charge in [0.25, 0.3) is 0 Å². The Morgan fingerprint density at radius 1 is 1.50 bits per heavy atom. The fraction of sp³-hybridized carbons (Fsp3) is 0.750. The van der Waals surface area contributed by atoms with E-state index in [1.54, 1.807) is 0 Å². The molecule has 6 heavy (non-hydrogen) atoms. The summed E-state index contributed by atoms with van der Waals surface area (Å²) in [6, 6.07) is 0. The molecule has 1 radical (unpaired) electrons. The molecule has 0 spiro atoms. The van der Waals surface area contributed by atoms with Crippen molar-refractivity contribution in [1.29, 1.82) is 0 Å². The van der Waals surface area contributed by atoms with Gasteiger partial charge in [0.05, 0.1) is 0 Å². The molecule has 0 N–H and O–H groups in total. The maximum atomic E-state index is 4.82. The number of hydrogen-bond acceptors (Lipinski definition) is 1. The van der Waals surface area contributed by atoms with Crippen molar-refractivity contribution in [1.82, 2.24) is 0 Å². The maximum absolute atomic E-state index is 4.82. The van der Waals surface area contributed by atoms with Gasteiger partial charge in [0.2, 0.25) is 0 Å². The molecule has 1 aliphatic heterocycles. The minimum atomic E-state index is 0. The molecule has 0 unspecified atom stereocenters. The van der Waals surface area contributed by atoms with Crippen LogP contribution in [0.4, 0.5) is 0 Å². The van der Waals surface area contributed by atoms with Crippen LogP contribution in [0, 0.1) is 6.61 Å². The van der Waals surface area contributed by atoms with E-state index in [1.165, 1.54) is 6.42 Å². The summed E-state index contributed by atoms with van der Waals surface area (Å²) in [5, 5.41) is 0. The fourth-order valence-corrected chi connectivity index (χ4v) is 0.417. The average Bonchev–Trinajstić information content (AvgIpc) is 1.76. The van der Waals surface area contributed by atoms with Gasteiger partial charge in [0, 0.05) is 39.3 Å². The zero-order valence-electron chi connectivity index (χ0n) is 3.68. The van der Waals surface area contributed by atoms with Gasteiger partial charge in [-0.3, -0.25) is 0 Å². The van der Waals surface area contributed by atoms with Gasteiger partial charge in [-0.2, -0.15) is 6.42 Å². The van der Waals surface area contributed by atoms with Crippen molar-refractivity contribution in [3.8, 4) is 0 Å². The zero-order chi connectivity index (χ0) is 3.54. The molecule has 1 aliphatic rings. The molecule has 33 valence electrons. The Balaban J connectivity index is 0.000000250. The van der Waals surface area contributed by atoms with Crippen LogP contribution < -0.4 is 0 Å². The molecule has 0 amide bonds. The van der Waals surface area contributed by atoms with E-state index in [0.717, 1.165) is 13.0 Å². The Bertz CT molecular complexity index is 19.1. The van der Waals surface area contributed by atoms with Crippen molar-refractivity contribution in [3.63, 3.8) is 0 Å². The van der Waals surface area contributed by atoms with Crippen molar-refractivity contribution in [3.05, 3.63) is 6.61 Å². The number of ether oxygens (including phenoxy) is 1. The molecule has 1 heterocycles. The minimum absolute atomic E-state index is 0. The van der Waals surface area contributed by atoms with Gasteiger partial charge in [-0.05, 0) is 0 Å². The van der Waals surface area contributed by atoms with Crippen molar-refractivity contribution < 1.29 is 37.4 Å². The van der Waals surface area contributed by atoms with E-state index < -0.39 is 0 Å². The second-order valence-electron chi connectivity index (χ2n) is 1.18. The molecule has 0 bridgehead atoms. The normalized spacial score (nSPS) is 20.0. The predicted octanol–water partition coefficient (Wildman–Crippen LogP) is 0.956. The SMILES string of the molecule is [CH-]1CCCO1.[Y]. The Hall–Kier alpha value is 1.06. The van der Waals surface area contributed by atoms with E-state index in [0.29, 0.717) is 0 Å². The van der Waals surface area contributed by atoms with Gasteiger partial charge in [-0.1, -0.05) is 6.42 Å². The molecule has 0 aliphatic carbocycles. The molecule has 1 saturated heterocycles. The van der Waals surface area contributed by atoms with E-state index in [2.05, 4.69) is 0 Å². The molecule has 2 heteroatoms. The summed E-state index contributed by atoms with van der Waals surface area (Å²) in [5.74, 6) is 0. The van der Waals surface area contributed by atoms with Crippen LogP contribution in [0.25, 0.3) is 0 Å². The van der Waals surface area contributed by atoms with Gasteiger partial charge in [0.15, 0.2) is 0 Å². The van der Waals surface area contributed by atoms with Crippen LogP contribution in [0.3, 0.4) is 0 Å². The Morgan fingerprint density at radius 2 is 2.33 bits per heavy atom. The van der Waals surface area contributed by atoms with Gasteiger partial charge in [-0.25, -0.2) is 6.61 Å². The molecule has 0 aromatic rings. The number of rotatable bonds is 0. The molecular formula is C4H7OY-. The predicted molar refractivity (Wildman–Crippen MR) is 19.5 cm³/mol. The summed E-state index contributed by atoms with van der Waals surface area (Å²) < 4.78 is 4.82. The standard InChI is InChI=1S/C4H7O.Y/c1-2-4-5-3-1;/h3H,1-2,4H2;/q-1;. The first-order chi connectivity index (χ1) is 2.50. The van der Waals surface area contributed by atoms with Crippen LogP contribution in [-0.4, -0.2) is 6.61 Å². The molecule has 0 aromatic carbocycles. The third kappa shape index (κ3) is 2.27. The average molecular weight is 160 g/mol. The second kappa shape index (κ2) is 4.23. The largest absolute Gasteiger partial charge is 0.552 e. The van der Waals surface area contributed by atoms with Crippen molar-refractivity contribution in [2.45, 2.75) is 12.8 Å². The van der Waals surface area contributed by atoms with Crippen LogP contribution in [0.1, 0.15) is 12.8 Å². The second-order valence-corrected chi connectivity index (χ2v) is 1.18. The van der Waals surface area contributed by atoms with Crippen molar-refractivity contribution in [2.24, 2.45) is 0 Å². The minimum Gasteiger partial charge on any atom is -0.552 e. The van der Waals surface area contributed by atoms with E-state index in [9.17, 15) is 0 Å². The van der Waals surface area contributed by atoms with E-state index in [1.807, 2.05) is 6.61 Å². The molecule has 1 rings (SSSR count). The summed E-state index contributed by atoms with van der Waals surface area (Å²) >= 11 is 0. The Kier molecular flexibility index (Phi) is 4.98. The maximum Gasteiger partial charge on any atom is 0.00878 e. The zero-order valence-corrected chi connectivity index (χ0v) is 6.52. The molecule has 0 saturated carbocycles. The van der Waals surface area contributed by atoms with Crippen molar-refractivity contribution in [2.75, 3.05) is 6.61 Å². The summed E-state index contributed by atoms with van der Waals surface area (Å²) in [6.07, 6.45) is 2.38. The summed E-state index contributed by atoms with van der Waals surface area (Å²) in [4.78, 5) is 0. The summed E-state index contributed by atoms with van der Waals surface area (Å²) in [6.45, 7) is 2.81. The van der Waals surface area contributed by atoms with E-state index >= 15 is 0 Å². The quantitative estimate of drug-likeness (QED) is 0.479. The summed E-state index contributed by atoms with van der Waals surface area (Å²) in [5.41, 5.74) is 0. The Morgan fingerprint density at radius 3 is 2.50 bits per heavy atom. The van der Waals surface area contributed by atoms with Crippen LogP contribution in [0.5, 0.6) is 0 Å². The summed E-state index contributed by atoms with van der Waals surface area (Å²) in [7, 11) is 0. The molecular weight excluding hydrogens is 153 g/mol. The smallest absolute Gasteiger partial charge is 0.00878 e. The molecule has 1 nitrogen and oxygen atoms in total. The van der Waals surface area contributed by atoms with Gasteiger partial charge < -0.3 is 4.74 Å². The molecule has 1 fully saturated rings. The molecule has 0 atom stereocenters. The van der Waals surface area contributed by atoms with E-state index in [-0.39, 0.29) is 32.7 Å². The van der Waals surface area contributed by atoms with Crippen LogP contribution in [0.2, 0.25) is 0 Å². The molecule has 0 aromatic heterocycles. The van der Waals surface area contributed by atoms with Gasteiger partial charge in [0.1, 0.15) is 0 Å². The van der Waals surface area contributed by atoms with Crippen LogP contribution >= 0.6 is 0 Å². The monoisotopic (exact) mass is 160 g/mol. The third-order valence-corrected chi connectivity index (χ3v) is 0.702. The first-order valence-electron chi connectivity index (χ1n) is 1.93.